The van der Waals surface area contributed by atoms with Crippen molar-refractivity contribution in [1.82, 2.24) is 9.36 Å². The maximum absolute atomic E-state index is 5.33. The minimum Gasteiger partial charge on any atom is -0.379 e. The van der Waals surface area contributed by atoms with Crippen LogP contribution in [0.15, 0.2) is 12.7 Å². The summed E-state index contributed by atoms with van der Waals surface area (Å²) in [6.07, 6.45) is 2.75. The van der Waals surface area contributed by atoms with Crippen molar-refractivity contribution in [2.75, 3.05) is 25.1 Å². The van der Waals surface area contributed by atoms with E-state index < -0.39 is 0 Å². The Hall–Kier alpha value is -0.940. The van der Waals surface area contributed by atoms with Gasteiger partial charge in [0, 0.05) is 18.1 Å². The number of hydrogen-bond acceptors (Lipinski definition) is 5. The van der Waals surface area contributed by atoms with E-state index in [1.807, 2.05) is 13.0 Å². The van der Waals surface area contributed by atoms with Gasteiger partial charge in [0.2, 0.25) is 5.13 Å². The number of rotatable bonds is 7. The van der Waals surface area contributed by atoms with Crippen LogP contribution in [0.25, 0.3) is 0 Å². The van der Waals surface area contributed by atoms with Crippen molar-refractivity contribution in [2.24, 2.45) is 0 Å². The molecule has 0 aliphatic rings. The van der Waals surface area contributed by atoms with E-state index in [0.29, 0.717) is 6.61 Å². The highest BCUT2D eigenvalue weighted by Crippen LogP contribution is 2.08. The number of nitrogens with one attached hydrogen (secondary N) is 1. The zero-order chi connectivity index (χ0) is 10.2. The lowest BCUT2D eigenvalue weighted by molar-refractivity contribution is 0.149. The molecule has 1 heterocycles. The van der Waals surface area contributed by atoms with Gasteiger partial charge >= 0.3 is 0 Å². The van der Waals surface area contributed by atoms with Gasteiger partial charge in [-0.3, -0.25) is 0 Å². The topological polar surface area (TPSA) is 47.0 Å². The Morgan fingerprint density at radius 2 is 2.43 bits per heavy atom. The van der Waals surface area contributed by atoms with Crippen LogP contribution < -0.4 is 5.32 Å². The summed E-state index contributed by atoms with van der Waals surface area (Å²) in [5.41, 5.74) is 0. The second-order valence-corrected chi connectivity index (χ2v) is 3.52. The number of anilines is 1. The first kappa shape index (κ1) is 11.1. The van der Waals surface area contributed by atoms with Gasteiger partial charge in [-0.15, -0.1) is 6.58 Å². The monoisotopic (exact) mass is 213 g/mol. The molecule has 0 atom stereocenters. The van der Waals surface area contributed by atoms with Gasteiger partial charge in [-0.05, 0) is 13.3 Å². The minimum absolute atomic E-state index is 0.687. The fourth-order valence-electron chi connectivity index (χ4n) is 0.868. The Kier molecular flexibility index (Phi) is 5.17. The lowest BCUT2D eigenvalue weighted by atomic mass is 10.5. The van der Waals surface area contributed by atoms with Crippen molar-refractivity contribution in [3.63, 3.8) is 0 Å². The van der Waals surface area contributed by atoms with Crippen LogP contribution in [0.3, 0.4) is 0 Å². The molecule has 0 unspecified atom stereocenters. The van der Waals surface area contributed by atoms with Crippen molar-refractivity contribution < 1.29 is 4.74 Å². The Labute approximate surface area is 88.2 Å². The molecule has 0 aliphatic heterocycles. The Morgan fingerprint density at radius 3 is 3.07 bits per heavy atom. The average molecular weight is 213 g/mol. The molecule has 0 aromatic carbocycles. The number of hydrogen-bond donors (Lipinski definition) is 1. The molecule has 4 nitrogen and oxygen atoms in total. The van der Waals surface area contributed by atoms with Crippen LogP contribution >= 0.6 is 11.5 Å². The molecule has 0 bridgehead atoms. The van der Waals surface area contributed by atoms with Crippen molar-refractivity contribution in [2.45, 2.75) is 13.3 Å². The maximum Gasteiger partial charge on any atom is 0.202 e. The predicted octanol–water partition coefficient (Wildman–Crippen LogP) is 1.85. The molecule has 5 heteroatoms. The highest BCUT2D eigenvalue weighted by Gasteiger charge is 1.97. The summed E-state index contributed by atoms with van der Waals surface area (Å²) < 4.78 is 9.38. The lowest BCUT2D eigenvalue weighted by Gasteiger charge is -2.02. The van der Waals surface area contributed by atoms with Gasteiger partial charge in [0.15, 0.2) is 0 Å². The van der Waals surface area contributed by atoms with Gasteiger partial charge in [0.25, 0.3) is 0 Å². The van der Waals surface area contributed by atoms with Crippen molar-refractivity contribution >= 4 is 16.7 Å². The summed E-state index contributed by atoms with van der Waals surface area (Å²) in [7, 11) is 0. The van der Waals surface area contributed by atoms with E-state index >= 15 is 0 Å². The Balaban J connectivity index is 2.01. The van der Waals surface area contributed by atoms with E-state index in [9.17, 15) is 0 Å². The molecule has 1 aromatic heterocycles. The molecule has 1 rings (SSSR count). The van der Waals surface area contributed by atoms with Crippen LogP contribution in [0.5, 0.6) is 0 Å². The summed E-state index contributed by atoms with van der Waals surface area (Å²) in [5, 5.41) is 3.99. The standard InChI is InChI=1S/C9H15N3OS/c1-3-4-6-13-7-5-10-9-11-8(2)12-14-9/h3H,1,4-7H2,2H3,(H,10,11,12). The Morgan fingerprint density at radius 1 is 1.57 bits per heavy atom. The molecular formula is C9H15N3OS. The van der Waals surface area contributed by atoms with Gasteiger partial charge < -0.3 is 10.1 Å². The molecule has 0 amide bonds. The third kappa shape index (κ3) is 4.34. The van der Waals surface area contributed by atoms with Crippen LogP contribution in [0.1, 0.15) is 12.2 Å². The van der Waals surface area contributed by atoms with E-state index in [1.165, 1.54) is 11.5 Å². The zero-order valence-electron chi connectivity index (χ0n) is 8.32. The number of nitrogens with zero attached hydrogens (tertiary/aromatic N) is 2. The first-order chi connectivity index (χ1) is 6.83. The van der Waals surface area contributed by atoms with Crippen LogP contribution in [0.4, 0.5) is 5.13 Å². The van der Waals surface area contributed by atoms with Gasteiger partial charge in [-0.25, -0.2) is 4.98 Å². The molecule has 1 aromatic rings. The average Bonchev–Trinajstić information content (AvgIpc) is 2.58. The Bertz CT molecular complexity index is 275. The van der Waals surface area contributed by atoms with Crippen LogP contribution in [0, 0.1) is 6.92 Å². The van der Waals surface area contributed by atoms with Crippen LogP contribution in [0.2, 0.25) is 0 Å². The summed E-state index contributed by atoms with van der Waals surface area (Å²) >= 11 is 1.37. The largest absolute Gasteiger partial charge is 0.379 e. The minimum atomic E-state index is 0.687. The maximum atomic E-state index is 5.33. The number of aryl methyl sites for hydroxylation is 1. The van der Waals surface area contributed by atoms with E-state index in [4.69, 9.17) is 4.74 Å². The molecule has 0 spiro atoms. The number of aromatic nitrogens is 2. The highest BCUT2D eigenvalue weighted by atomic mass is 32.1. The first-order valence-electron chi connectivity index (χ1n) is 4.55. The summed E-state index contributed by atoms with van der Waals surface area (Å²) in [4.78, 5) is 4.17. The fraction of sp³-hybridized carbons (Fsp3) is 0.556. The van der Waals surface area contributed by atoms with Crippen LogP contribution in [-0.4, -0.2) is 29.1 Å². The molecule has 0 aliphatic carbocycles. The fourth-order valence-corrected chi connectivity index (χ4v) is 1.47. The van der Waals surface area contributed by atoms with Gasteiger partial charge in [-0.2, -0.15) is 4.37 Å². The van der Waals surface area contributed by atoms with Crippen molar-refractivity contribution in [3.8, 4) is 0 Å². The third-order valence-electron chi connectivity index (χ3n) is 1.52. The van der Waals surface area contributed by atoms with Crippen molar-refractivity contribution in [1.29, 1.82) is 0 Å². The SMILES string of the molecule is C=CCCOCCNc1nc(C)ns1. The van der Waals surface area contributed by atoms with Gasteiger partial charge in [0.05, 0.1) is 13.2 Å². The van der Waals surface area contributed by atoms with Gasteiger partial charge in [-0.1, -0.05) is 6.08 Å². The quantitative estimate of drug-likeness (QED) is 0.554. The van der Waals surface area contributed by atoms with E-state index in [2.05, 4.69) is 21.3 Å². The molecule has 0 saturated heterocycles. The molecule has 1 N–H and O–H groups in total. The van der Waals surface area contributed by atoms with E-state index in [1.54, 1.807) is 0 Å². The second-order valence-electron chi connectivity index (χ2n) is 2.76. The lowest BCUT2D eigenvalue weighted by Crippen LogP contribution is -2.09. The summed E-state index contributed by atoms with van der Waals surface area (Å²) in [6.45, 7) is 7.69. The second kappa shape index (κ2) is 6.50. The van der Waals surface area contributed by atoms with Crippen LogP contribution in [-0.2, 0) is 4.74 Å². The molecule has 78 valence electrons. The first-order valence-corrected chi connectivity index (χ1v) is 5.33. The summed E-state index contributed by atoms with van der Waals surface area (Å²) in [6, 6.07) is 0. The summed E-state index contributed by atoms with van der Waals surface area (Å²) in [5.74, 6) is 0.810. The third-order valence-corrected chi connectivity index (χ3v) is 2.28. The molecule has 0 fully saturated rings. The highest BCUT2D eigenvalue weighted by molar-refractivity contribution is 7.09. The van der Waals surface area contributed by atoms with E-state index in [0.717, 1.165) is 30.5 Å². The smallest absolute Gasteiger partial charge is 0.202 e. The van der Waals surface area contributed by atoms with Crippen molar-refractivity contribution in [3.05, 3.63) is 18.5 Å². The molecular weight excluding hydrogens is 198 g/mol. The molecule has 0 radical (unpaired) electrons. The van der Waals surface area contributed by atoms with Gasteiger partial charge in [0.1, 0.15) is 5.82 Å². The van der Waals surface area contributed by atoms with E-state index in [-0.39, 0.29) is 0 Å². The predicted molar refractivity (Wildman–Crippen MR) is 58.8 cm³/mol. The normalized spacial score (nSPS) is 10.1. The molecule has 0 saturated carbocycles. The zero-order valence-corrected chi connectivity index (χ0v) is 9.14. The number of ether oxygens (including phenoxy) is 1. The molecule has 14 heavy (non-hydrogen) atoms.